The van der Waals surface area contributed by atoms with Gasteiger partial charge < -0.3 is 7.58 Å². The fourth-order valence-electron chi connectivity index (χ4n) is 5.60. The molecule has 0 fully saturated rings. The molecule has 262 valence electrons. The molecule has 0 atom stereocenters. The molecule has 0 amide bonds. The third-order valence-electron chi connectivity index (χ3n) is 8.48. The maximum atomic E-state index is 12.5. The van der Waals surface area contributed by atoms with Gasteiger partial charge in [0.1, 0.15) is 0 Å². The number of allylic oxidation sites excluding steroid dienone is 4. The van der Waals surface area contributed by atoms with Gasteiger partial charge in [0.05, 0.1) is 0 Å². The first-order valence-electron chi connectivity index (χ1n) is 19.7. The molecule has 0 heterocycles. The SMILES string of the molecule is CCCCCCCC/C=C\CCCCCCCC(=O)[O][Al]([CH2]C(C)C)[O]C(=O)CCCCCCC/C=C\CCCCCCCC. The third-order valence-corrected chi connectivity index (χ3v) is 10.9. The van der Waals surface area contributed by atoms with Crippen LogP contribution in [0.3, 0.4) is 0 Å². The molecule has 0 aliphatic rings. The Hall–Kier alpha value is -1.05. The van der Waals surface area contributed by atoms with E-state index in [0.29, 0.717) is 24.0 Å². The molecule has 0 bridgehead atoms. The zero-order chi connectivity index (χ0) is 33.1. The van der Waals surface area contributed by atoms with E-state index in [1.54, 1.807) is 0 Å². The summed E-state index contributed by atoms with van der Waals surface area (Å²) < 4.78 is 11.4. The van der Waals surface area contributed by atoms with Crippen molar-refractivity contribution in [2.75, 3.05) is 0 Å². The minimum atomic E-state index is -2.31. The van der Waals surface area contributed by atoms with Crippen molar-refractivity contribution in [1.82, 2.24) is 0 Å². The van der Waals surface area contributed by atoms with E-state index in [1.807, 2.05) is 0 Å². The minimum Gasteiger partial charge on any atom is -0.585 e. The highest BCUT2D eigenvalue weighted by Crippen LogP contribution is 2.15. The Morgan fingerprint density at radius 2 is 0.756 bits per heavy atom. The lowest BCUT2D eigenvalue weighted by molar-refractivity contribution is -0.140. The second-order valence-corrected chi connectivity index (χ2v) is 15.5. The van der Waals surface area contributed by atoms with Gasteiger partial charge in [-0.05, 0) is 69.5 Å². The molecule has 0 aromatic rings. The summed E-state index contributed by atoms with van der Waals surface area (Å²) in [7, 11) is 0. The smallest absolute Gasteiger partial charge is 0.585 e. The van der Waals surface area contributed by atoms with E-state index in [2.05, 4.69) is 52.0 Å². The molecule has 0 saturated carbocycles. The Kier molecular flexibility index (Phi) is 35.0. The highest BCUT2D eigenvalue weighted by Gasteiger charge is 2.36. The van der Waals surface area contributed by atoms with E-state index < -0.39 is 14.8 Å². The van der Waals surface area contributed by atoms with Gasteiger partial charge in [0.15, 0.2) is 0 Å². The Morgan fingerprint density at radius 1 is 0.467 bits per heavy atom. The number of hydrogen-bond acceptors (Lipinski definition) is 4. The van der Waals surface area contributed by atoms with Gasteiger partial charge in [0, 0.05) is 12.8 Å². The summed E-state index contributed by atoms with van der Waals surface area (Å²) in [5, 5.41) is 0.691. The predicted octanol–water partition coefficient (Wildman–Crippen LogP) is 13.3. The largest absolute Gasteiger partial charge is 0.861 e. The fraction of sp³-hybridized carbons (Fsp3) is 0.850. The van der Waals surface area contributed by atoms with Crippen LogP contribution in [-0.2, 0) is 17.2 Å². The topological polar surface area (TPSA) is 52.6 Å². The predicted molar refractivity (Wildman–Crippen MR) is 196 cm³/mol. The van der Waals surface area contributed by atoms with Crippen LogP contribution in [0.4, 0.5) is 0 Å². The summed E-state index contributed by atoms with van der Waals surface area (Å²) in [4.78, 5) is 24.9. The van der Waals surface area contributed by atoms with Gasteiger partial charge in [-0.25, -0.2) is 0 Å². The first kappa shape index (κ1) is 44.0. The molecule has 0 aromatic heterocycles. The number of rotatable bonds is 34. The third kappa shape index (κ3) is 35.6. The average Bonchev–Trinajstić information content (AvgIpc) is 3.00. The van der Waals surface area contributed by atoms with Crippen molar-refractivity contribution < 1.29 is 17.2 Å². The summed E-state index contributed by atoms with van der Waals surface area (Å²) in [6.07, 6.45) is 42.5. The monoisotopic (exact) mass is 647 g/mol. The fourth-order valence-corrected chi connectivity index (χ4v) is 7.43. The normalized spacial score (nSPS) is 11.7. The van der Waals surface area contributed by atoms with E-state index in [0.717, 1.165) is 38.5 Å². The highest BCUT2D eigenvalue weighted by molar-refractivity contribution is 6.48. The van der Waals surface area contributed by atoms with Crippen LogP contribution < -0.4 is 0 Å². The Balaban J connectivity index is 3.81. The molecular weight excluding hydrogens is 571 g/mol. The van der Waals surface area contributed by atoms with Crippen LogP contribution in [0, 0.1) is 5.92 Å². The van der Waals surface area contributed by atoms with E-state index in [-0.39, 0.29) is 11.9 Å². The van der Waals surface area contributed by atoms with Crippen LogP contribution in [0.15, 0.2) is 24.3 Å². The lowest BCUT2D eigenvalue weighted by Gasteiger charge is -2.15. The molecular formula is C40H75AlO4. The quantitative estimate of drug-likeness (QED) is 0.0396. The van der Waals surface area contributed by atoms with Crippen molar-refractivity contribution in [3.05, 3.63) is 24.3 Å². The van der Waals surface area contributed by atoms with Gasteiger partial charge in [0.25, 0.3) is 11.9 Å². The van der Waals surface area contributed by atoms with Crippen molar-refractivity contribution in [1.29, 1.82) is 0 Å². The van der Waals surface area contributed by atoms with Crippen molar-refractivity contribution in [3.8, 4) is 0 Å². The van der Waals surface area contributed by atoms with E-state index in [1.165, 1.54) is 128 Å². The zero-order valence-corrected chi connectivity index (χ0v) is 31.8. The first-order valence-corrected chi connectivity index (χ1v) is 21.4. The molecule has 0 N–H and O–H groups in total. The standard InChI is InChI=1S/2C18H34O2.C4H9.Al/c2*1-2-3-4-5-6-7-8-9-10-11-12-13-14-15-16-17-18(19)20;1-4(2)3;/h2*9-10H,2-8,11-17H2,1H3,(H,19,20);4H,1H2,2-3H3;/q;;;+2/p-2/b2*10-9-;;. The van der Waals surface area contributed by atoms with Crippen LogP contribution in [0.5, 0.6) is 0 Å². The van der Waals surface area contributed by atoms with Crippen molar-refractivity contribution >= 4 is 26.8 Å². The number of carbonyl (C=O) groups is 2. The van der Waals surface area contributed by atoms with Gasteiger partial charge in [-0.3, -0.25) is 9.59 Å². The highest BCUT2D eigenvalue weighted by atomic mass is 27.2. The van der Waals surface area contributed by atoms with E-state index in [9.17, 15) is 9.59 Å². The van der Waals surface area contributed by atoms with Crippen molar-refractivity contribution in [2.24, 2.45) is 5.92 Å². The van der Waals surface area contributed by atoms with Crippen LogP contribution in [0.1, 0.15) is 207 Å². The van der Waals surface area contributed by atoms with Crippen LogP contribution in [0.25, 0.3) is 0 Å². The number of hydrogen-bond donors (Lipinski definition) is 0. The lowest BCUT2D eigenvalue weighted by Crippen LogP contribution is -2.30. The molecule has 0 spiro atoms. The van der Waals surface area contributed by atoms with E-state index in [4.69, 9.17) is 7.58 Å². The van der Waals surface area contributed by atoms with E-state index >= 15 is 0 Å². The summed E-state index contributed by atoms with van der Waals surface area (Å²) in [5.74, 6) is -0.0144. The lowest BCUT2D eigenvalue weighted by atomic mass is 10.1. The maximum Gasteiger partial charge on any atom is 0.861 e. The first-order chi connectivity index (χ1) is 22.0. The molecule has 5 heteroatoms. The van der Waals surface area contributed by atoms with Crippen molar-refractivity contribution in [3.63, 3.8) is 0 Å². The summed E-state index contributed by atoms with van der Waals surface area (Å²) >= 11 is -2.31. The average molecular weight is 647 g/mol. The second kappa shape index (κ2) is 35.8. The molecule has 0 unspecified atom stereocenters. The molecule has 0 saturated heterocycles. The summed E-state index contributed by atoms with van der Waals surface area (Å²) in [6.45, 7) is 8.72. The maximum absolute atomic E-state index is 12.5. The molecule has 0 aromatic carbocycles. The van der Waals surface area contributed by atoms with Crippen LogP contribution in [-0.4, -0.2) is 26.8 Å². The van der Waals surface area contributed by atoms with Crippen molar-refractivity contribution in [2.45, 2.75) is 213 Å². The van der Waals surface area contributed by atoms with Gasteiger partial charge >= 0.3 is 14.8 Å². The zero-order valence-electron chi connectivity index (χ0n) is 30.6. The molecule has 45 heavy (non-hydrogen) atoms. The number of unbranched alkanes of at least 4 members (excludes halogenated alkanes) is 22. The minimum absolute atomic E-state index is 0.182. The summed E-state index contributed by atoms with van der Waals surface area (Å²) in [6, 6.07) is 0. The van der Waals surface area contributed by atoms with Crippen LogP contribution >= 0.6 is 0 Å². The Labute approximate surface area is 286 Å². The Bertz CT molecular complexity index is 648. The van der Waals surface area contributed by atoms with Gasteiger partial charge in [0.2, 0.25) is 0 Å². The van der Waals surface area contributed by atoms with Gasteiger partial charge in [-0.1, -0.05) is 161 Å². The molecule has 0 rings (SSSR count). The number of carbonyl (C=O) groups excluding carboxylic acids is 2. The second-order valence-electron chi connectivity index (χ2n) is 13.7. The molecule has 0 radical (unpaired) electrons. The molecule has 0 aliphatic heterocycles. The molecule has 0 aliphatic carbocycles. The summed E-state index contributed by atoms with van der Waals surface area (Å²) in [5.41, 5.74) is 0. The van der Waals surface area contributed by atoms with Gasteiger partial charge in [-0.2, -0.15) is 0 Å². The molecule has 4 nitrogen and oxygen atoms in total. The van der Waals surface area contributed by atoms with Crippen LogP contribution in [0.2, 0.25) is 5.28 Å². The van der Waals surface area contributed by atoms with Gasteiger partial charge in [-0.15, -0.1) is 0 Å². The Morgan fingerprint density at radius 3 is 1.07 bits per heavy atom.